The van der Waals surface area contributed by atoms with Gasteiger partial charge in [-0.2, -0.15) is 0 Å². The van der Waals surface area contributed by atoms with Crippen LogP contribution in [0.2, 0.25) is 0 Å². The van der Waals surface area contributed by atoms with E-state index in [4.69, 9.17) is 10.7 Å². The van der Waals surface area contributed by atoms with Gasteiger partial charge in [-0.15, -0.1) is 11.8 Å². The second-order valence-electron chi connectivity index (χ2n) is 7.09. The van der Waals surface area contributed by atoms with Crippen LogP contribution < -0.4 is 5.73 Å². The van der Waals surface area contributed by atoms with Crippen molar-refractivity contribution in [1.29, 1.82) is 0 Å². The summed E-state index contributed by atoms with van der Waals surface area (Å²) < 4.78 is 0. The summed E-state index contributed by atoms with van der Waals surface area (Å²) in [5.74, 6) is -0.413. The van der Waals surface area contributed by atoms with Gasteiger partial charge in [-0.1, -0.05) is 36.4 Å². The van der Waals surface area contributed by atoms with Crippen molar-refractivity contribution in [3.63, 3.8) is 0 Å². The van der Waals surface area contributed by atoms with Crippen LogP contribution in [-0.2, 0) is 11.3 Å². The molecule has 0 aliphatic carbocycles. The van der Waals surface area contributed by atoms with Gasteiger partial charge in [-0.25, -0.2) is 0 Å². The van der Waals surface area contributed by atoms with Crippen molar-refractivity contribution in [2.75, 3.05) is 0 Å². The fraction of sp³-hybridized carbons (Fsp3) is 0.174. The Bertz CT molecular complexity index is 1080. The van der Waals surface area contributed by atoms with E-state index in [0.717, 1.165) is 33.6 Å². The highest BCUT2D eigenvalue weighted by Gasteiger charge is 2.31. The van der Waals surface area contributed by atoms with Crippen LogP contribution in [0.3, 0.4) is 0 Å². The highest BCUT2D eigenvalue weighted by molar-refractivity contribution is 8.02. The molecule has 1 aromatic carbocycles. The zero-order valence-electron chi connectivity index (χ0n) is 16.4. The molecule has 6 heteroatoms. The van der Waals surface area contributed by atoms with Crippen LogP contribution in [0.25, 0.3) is 11.3 Å². The number of nitrogens with two attached hydrogens (primary N) is 1. The smallest absolute Gasteiger partial charge is 0.265 e. The monoisotopic (exact) mass is 402 g/mol. The molecule has 2 aromatic heterocycles. The van der Waals surface area contributed by atoms with Crippen LogP contribution in [0.15, 0.2) is 72.0 Å². The first-order valence-corrected chi connectivity index (χ1v) is 10.3. The van der Waals surface area contributed by atoms with Crippen LogP contribution in [-0.4, -0.2) is 20.8 Å². The lowest BCUT2D eigenvalue weighted by Crippen LogP contribution is -2.30. The minimum absolute atomic E-state index is 0.0153. The van der Waals surface area contributed by atoms with Crippen molar-refractivity contribution in [2.24, 2.45) is 5.73 Å². The second kappa shape index (κ2) is 8.09. The van der Waals surface area contributed by atoms with E-state index in [9.17, 15) is 4.79 Å². The van der Waals surface area contributed by atoms with Crippen molar-refractivity contribution in [3.8, 4) is 11.3 Å². The summed E-state index contributed by atoms with van der Waals surface area (Å²) in [5, 5.41) is 1.87. The summed E-state index contributed by atoms with van der Waals surface area (Å²) in [4.78, 5) is 23.0. The van der Waals surface area contributed by atoms with Gasteiger partial charge < -0.3 is 10.6 Å². The van der Waals surface area contributed by atoms with Gasteiger partial charge >= 0.3 is 0 Å². The molecule has 1 atom stereocenters. The van der Waals surface area contributed by atoms with Crippen molar-refractivity contribution in [2.45, 2.75) is 25.8 Å². The third kappa shape index (κ3) is 4.03. The lowest BCUT2D eigenvalue weighted by molar-refractivity contribution is -0.116. The van der Waals surface area contributed by atoms with Gasteiger partial charge in [-0.3, -0.25) is 14.8 Å². The number of primary amides is 1. The van der Waals surface area contributed by atoms with Gasteiger partial charge in [0, 0.05) is 35.6 Å². The number of carbonyl (C=O) groups excluding carboxylic acids is 1. The average Bonchev–Trinajstić information content (AvgIpc) is 3.12. The molecule has 146 valence electrons. The third-order valence-electron chi connectivity index (χ3n) is 4.90. The molecular weight excluding hydrogens is 380 g/mol. The van der Waals surface area contributed by atoms with Crippen LogP contribution in [0.1, 0.15) is 27.8 Å². The molecule has 1 unspecified atom stereocenters. The van der Waals surface area contributed by atoms with Gasteiger partial charge in [0.25, 0.3) is 5.91 Å². The van der Waals surface area contributed by atoms with E-state index < -0.39 is 5.91 Å². The number of aryl methyl sites for hydroxylation is 2. The van der Waals surface area contributed by atoms with Gasteiger partial charge in [0.1, 0.15) is 11.1 Å². The van der Waals surface area contributed by atoms with E-state index in [0.29, 0.717) is 12.2 Å². The van der Waals surface area contributed by atoms with Crippen molar-refractivity contribution in [3.05, 3.63) is 94.4 Å². The Morgan fingerprint density at radius 3 is 2.62 bits per heavy atom. The molecule has 0 saturated carbocycles. The second-order valence-corrected chi connectivity index (χ2v) is 8.04. The summed E-state index contributed by atoms with van der Waals surface area (Å²) in [5.41, 5.74) is 12.4. The maximum absolute atomic E-state index is 12.0. The van der Waals surface area contributed by atoms with E-state index in [-0.39, 0.29) is 5.37 Å². The van der Waals surface area contributed by atoms with Gasteiger partial charge in [0.2, 0.25) is 0 Å². The highest BCUT2D eigenvalue weighted by Crippen LogP contribution is 2.43. The summed E-state index contributed by atoms with van der Waals surface area (Å²) in [6.45, 7) is 4.59. The molecule has 0 fully saturated rings. The zero-order chi connectivity index (χ0) is 20.4. The molecule has 0 radical (unpaired) electrons. The van der Waals surface area contributed by atoms with Crippen molar-refractivity contribution < 1.29 is 4.79 Å². The molecule has 4 rings (SSSR count). The molecule has 3 heterocycles. The molecule has 3 aromatic rings. The first-order chi connectivity index (χ1) is 14.0. The maximum atomic E-state index is 12.0. The zero-order valence-corrected chi connectivity index (χ0v) is 17.2. The fourth-order valence-corrected chi connectivity index (χ4v) is 4.71. The quantitative estimate of drug-likeness (QED) is 0.687. The molecule has 1 amide bonds. The molecule has 0 bridgehead atoms. The number of nitrogens with zero attached hydrogens (tertiary/aromatic N) is 3. The van der Waals surface area contributed by atoms with Crippen molar-refractivity contribution in [1.82, 2.24) is 14.9 Å². The fourth-order valence-electron chi connectivity index (χ4n) is 3.55. The van der Waals surface area contributed by atoms with Gasteiger partial charge in [0.05, 0.1) is 5.69 Å². The predicted molar refractivity (Wildman–Crippen MR) is 117 cm³/mol. The lowest BCUT2D eigenvalue weighted by Gasteiger charge is -2.28. The van der Waals surface area contributed by atoms with Crippen molar-refractivity contribution >= 4 is 17.7 Å². The number of benzene rings is 1. The average molecular weight is 403 g/mol. The normalized spacial score (nSPS) is 16.0. The Kier molecular flexibility index (Phi) is 5.36. The van der Waals surface area contributed by atoms with Crippen LogP contribution in [0, 0.1) is 13.8 Å². The van der Waals surface area contributed by atoms with Crippen LogP contribution in [0.5, 0.6) is 0 Å². The Morgan fingerprint density at radius 2 is 1.93 bits per heavy atom. The van der Waals surface area contributed by atoms with Crippen LogP contribution >= 0.6 is 11.8 Å². The first kappa shape index (κ1) is 19.2. The topological polar surface area (TPSA) is 72.1 Å². The number of hydrogen-bond donors (Lipinski definition) is 1. The lowest BCUT2D eigenvalue weighted by atomic mass is 10.0. The molecule has 0 saturated heterocycles. The van der Waals surface area contributed by atoms with E-state index in [1.54, 1.807) is 18.0 Å². The summed E-state index contributed by atoms with van der Waals surface area (Å²) in [6, 6.07) is 16.3. The maximum Gasteiger partial charge on any atom is 0.265 e. The third-order valence-corrected chi connectivity index (χ3v) is 6.04. The Hall–Kier alpha value is -3.12. The minimum Gasteiger partial charge on any atom is -0.364 e. The molecule has 1 aliphatic rings. The van der Waals surface area contributed by atoms with E-state index in [1.165, 1.54) is 0 Å². The molecule has 5 nitrogen and oxygen atoms in total. The Labute approximate surface area is 174 Å². The molecule has 29 heavy (non-hydrogen) atoms. The number of carbonyl (C=O) groups is 1. The van der Waals surface area contributed by atoms with Crippen LogP contribution in [0.4, 0.5) is 0 Å². The summed E-state index contributed by atoms with van der Waals surface area (Å²) in [7, 11) is 0. The van der Waals surface area contributed by atoms with E-state index in [2.05, 4.69) is 35.0 Å². The Balaban J connectivity index is 1.63. The van der Waals surface area contributed by atoms with Gasteiger partial charge in [-0.05, 0) is 42.7 Å². The van der Waals surface area contributed by atoms with E-state index in [1.807, 2.05) is 48.9 Å². The largest absolute Gasteiger partial charge is 0.364 e. The molecule has 2 N–H and O–H groups in total. The number of pyridine rings is 2. The Morgan fingerprint density at radius 1 is 1.14 bits per heavy atom. The number of hydrogen-bond acceptors (Lipinski definition) is 5. The SMILES string of the molecule is Cc1cc(-c2ncc(CN3C(C(N)=O)=CSC3c3ccccc3)cc2C)ccn1. The number of thioether (sulfide) groups is 1. The summed E-state index contributed by atoms with van der Waals surface area (Å²) >= 11 is 1.60. The van der Waals surface area contributed by atoms with Gasteiger partial charge in [0.15, 0.2) is 0 Å². The van der Waals surface area contributed by atoms with E-state index >= 15 is 0 Å². The standard InChI is InChI=1S/C23H22N4OS/c1-15-10-17(12-26-21(15)19-8-9-25-16(2)11-19)13-27-20(22(24)28)14-29-23(27)18-6-4-3-5-7-18/h3-12,14,23H,13H2,1-2H3,(H2,24,28). The number of rotatable bonds is 5. The summed E-state index contributed by atoms with van der Waals surface area (Å²) in [6.07, 6.45) is 3.68. The predicted octanol–water partition coefficient (Wildman–Crippen LogP) is 4.33. The molecule has 1 aliphatic heterocycles. The number of amides is 1. The molecular formula is C23H22N4OS. The first-order valence-electron chi connectivity index (χ1n) is 9.38. The molecule has 0 spiro atoms. The minimum atomic E-state index is -0.413. The highest BCUT2D eigenvalue weighted by atomic mass is 32.2. The number of aromatic nitrogens is 2.